The first-order valence-corrected chi connectivity index (χ1v) is 8.49. The molecule has 0 aromatic heterocycles. The minimum absolute atomic E-state index is 0.138. The molecule has 0 radical (unpaired) electrons. The van der Waals surface area contributed by atoms with Crippen molar-refractivity contribution in [2.75, 3.05) is 14.2 Å². The molecular formula is C20H28O4. The van der Waals surface area contributed by atoms with Crippen LogP contribution in [0, 0.1) is 26.2 Å². The largest absolute Gasteiger partial charge is 0.468 e. The van der Waals surface area contributed by atoms with E-state index in [1.54, 1.807) is 7.11 Å². The summed E-state index contributed by atoms with van der Waals surface area (Å²) in [6, 6.07) is 4.21. The second-order valence-electron chi connectivity index (χ2n) is 6.98. The molecule has 0 amide bonds. The molecule has 4 heteroatoms. The van der Waals surface area contributed by atoms with E-state index in [9.17, 15) is 9.59 Å². The molecule has 132 valence electrons. The lowest BCUT2D eigenvalue weighted by Crippen LogP contribution is -2.51. The lowest BCUT2D eigenvalue weighted by molar-refractivity contribution is -0.165. The minimum atomic E-state index is -1.17. The first-order chi connectivity index (χ1) is 11.3. The van der Waals surface area contributed by atoms with Gasteiger partial charge in [0, 0.05) is 13.0 Å². The van der Waals surface area contributed by atoms with Gasteiger partial charge in [-0.15, -0.1) is 0 Å². The Morgan fingerprint density at radius 1 is 1.12 bits per heavy atom. The van der Waals surface area contributed by atoms with Gasteiger partial charge in [0.25, 0.3) is 0 Å². The molecular weight excluding hydrogens is 304 g/mol. The van der Waals surface area contributed by atoms with Gasteiger partial charge in [-0.1, -0.05) is 17.7 Å². The third-order valence-corrected chi connectivity index (χ3v) is 5.49. The molecule has 1 fully saturated rings. The molecule has 3 unspecified atom stereocenters. The molecule has 2 rings (SSSR count). The number of hydrogen-bond donors (Lipinski definition) is 0. The Labute approximate surface area is 144 Å². The van der Waals surface area contributed by atoms with Gasteiger partial charge in [0.05, 0.1) is 13.2 Å². The molecule has 4 nitrogen and oxygen atoms in total. The average molecular weight is 332 g/mol. The summed E-state index contributed by atoms with van der Waals surface area (Å²) in [6.45, 7) is 7.63. The van der Waals surface area contributed by atoms with E-state index >= 15 is 0 Å². The van der Waals surface area contributed by atoms with Crippen molar-refractivity contribution in [3.8, 4) is 0 Å². The van der Waals surface area contributed by atoms with Gasteiger partial charge in [-0.05, 0) is 63.6 Å². The summed E-state index contributed by atoms with van der Waals surface area (Å²) in [7, 11) is 3.01. The Kier molecular flexibility index (Phi) is 5.49. The van der Waals surface area contributed by atoms with Crippen LogP contribution in [0.4, 0.5) is 0 Å². The van der Waals surface area contributed by atoms with E-state index in [1.807, 2.05) is 13.8 Å². The van der Waals surface area contributed by atoms with Gasteiger partial charge in [-0.25, -0.2) is 0 Å². The number of aryl methyl sites for hydroxylation is 3. The van der Waals surface area contributed by atoms with Crippen LogP contribution in [0.5, 0.6) is 0 Å². The van der Waals surface area contributed by atoms with Gasteiger partial charge in [-0.3, -0.25) is 9.59 Å². The predicted octanol–water partition coefficient (Wildman–Crippen LogP) is 3.64. The van der Waals surface area contributed by atoms with Crippen LogP contribution in [0.25, 0.3) is 0 Å². The number of rotatable bonds is 4. The highest BCUT2D eigenvalue weighted by atomic mass is 16.5. The molecule has 1 aromatic carbocycles. The van der Waals surface area contributed by atoms with Crippen LogP contribution >= 0.6 is 0 Å². The van der Waals surface area contributed by atoms with Gasteiger partial charge in [-0.2, -0.15) is 0 Å². The van der Waals surface area contributed by atoms with Crippen LogP contribution in [0.1, 0.15) is 54.4 Å². The summed E-state index contributed by atoms with van der Waals surface area (Å²) >= 11 is 0. The maximum Gasteiger partial charge on any atom is 0.320 e. The Morgan fingerprint density at radius 3 is 2.17 bits per heavy atom. The van der Waals surface area contributed by atoms with Crippen molar-refractivity contribution in [1.29, 1.82) is 0 Å². The van der Waals surface area contributed by atoms with Crippen LogP contribution in [-0.4, -0.2) is 32.1 Å². The number of benzene rings is 1. The van der Waals surface area contributed by atoms with E-state index in [-0.39, 0.29) is 17.8 Å². The maximum absolute atomic E-state index is 12.8. The van der Waals surface area contributed by atoms with Crippen LogP contribution < -0.4 is 0 Å². The van der Waals surface area contributed by atoms with E-state index in [0.29, 0.717) is 6.42 Å². The smallest absolute Gasteiger partial charge is 0.320 e. The second-order valence-corrected chi connectivity index (χ2v) is 6.98. The fourth-order valence-electron chi connectivity index (χ4n) is 4.54. The predicted molar refractivity (Wildman–Crippen MR) is 93.2 cm³/mol. The zero-order valence-corrected chi connectivity index (χ0v) is 15.6. The normalized spacial score (nSPS) is 26.9. The Bertz CT molecular complexity index is 626. The zero-order chi connectivity index (χ0) is 18.1. The highest BCUT2D eigenvalue weighted by molar-refractivity contribution is 6.04. The van der Waals surface area contributed by atoms with E-state index in [0.717, 1.165) is 29.5 Å². The summed E-state index contributed by atoms with van der Waals surface area (Å²) in [4.78, 5) is 25.5. The van der Waals surface area contributed by atoms with Crippen molar-refractivity contribution in [3.63, 3.8) is 0 Å². The van der Waals surface area contributed by atoms with E-state index in [1.165, 1.54) is 19.6 Å². The van der Waals surface area contributed by atoms with Crippen molar-refractivity contribution in [3.05, 3.63) is 34.4 Å². The van der Waals surface area contributed by atoms with Crippen molar-refractivity contribution in [2.24, 2.45) is 5.41 Å². The molecule has 0 spiro atoms. The second kappa shape index (κ2) is 7.06. The molecule has 0 bridgehead atoms. The van der Waals surface area contributed by atoms with Gasteiger partial charge < -0.3 is 9.47 Å². The lowest BCUT2D eigenvalue weighted by Gasteiger charge is -2.45. The summed E-state index contributed by atoms with van der Waals surface area (Å²) in [5, 5.41) is 0. The first-order valence-electron chi connectivity index (χ1n) is 8.49. The Balaban J connectivity index is 2.75. The third-order valence-electron chi connectivity index (χ3n) is 5.49. The first kappa shape index (κ1) is 18.7. The molecule has 0 N–H and O–H groups in total. The fourth-order valence-corrected chi connectivity index (χ4v) is 4.54. The highest BCUT2D eigenvalue weighted by Gasteiger charge is 2.56. The molecule has 0 saturated heterocycles. The number of hydrogen-bond acceptors (Lipinski definition) is 4. The number of ketones is 1. The molecule has 1 aliphatic rings. The highest BCUT2D eigenvalue weighted by Crippen LogP contribution is 2.51. The van der Waals surface area contributed by atoms with Crippen LogP contribution in [-0.2, 0) is 19.1 Å². The lowest BCUT2D eigenvalue weighted by atomic mass is 9.59. The Morgan fingerprint density at radius 2 is 1.71 bits per heavy atom. The van der Waals surface area contributed by atoms with Crippen molar-refractivity contribution >= 4 is 11.8 Å². The standard InChI is InChI=1S/C20H28O4/c1-12-10-13(2)17(14(3)11-12)18-16(23-5)8-7-9-20(18,15(4)21)19(22)24-6/h10-11,16,18H,7-9H2,1-6H3. The summed E-state index contributed by atoms with van der Waals surface area (Å²) < 4.78 is 10.8. The van der Waals surface area contributed by atoms with Gasteiger partial charge in [0.15, 0.2) is 0 Å². The summed E-state index contributed by atoms with van der Waals surface area (Å²) in [5.41, 5.74) is 3.24. The maximum atomic E-state index is 12.8. The van der Waals surface area contributed by atoms with E-state index in [2.05, 4.69) is 19.1 Å². The molecule has 0 heterocycles. The van der Waals surface area contributed by atoms with Gasteiger partial charge in [0.2, 0.25) is 0 Å². The zero-order valence-electron chi connectivity index (χ0n) is 15.6. The fraction of sp³-hybridized carbons (Fsp3) is 0.600. The SMILES string of the molecule is COC(=O)C1(C(C)=O)CCCC(OC)C1c1c(C)cc(C)cc1C. The van der Waals surface area contributed by atoms with E-state index in [4.69, 9.17) is 9.47 Å². The average Bonchev–Trinajstić information content (AvgIpc) is 2.52. The molecule has 24 heavy (non-hydrogen) atoms. The van der Waals surface area contributed by atoms with Crippen molar-refractivity contribution in [2.45, 2.75) is 59.0 Å². The number of ether oxygens (including phenoxy) is 2. The Hall–Kier alpha value is -1.68. The van der Waals surface area contributed by atoms with Crippen molar-refractivity contribution in [1.82, 2.24) is 0 Å². The molecule has 1 aromatic rings. The van der Waals surface area contributed by atoms with Crippen LogP contribution in [0.15, 0.2) is 12.1 Å². The van der Waals surface area contributed by atoms with Gasteiger partial charge >= 0.3 is 5.97 Å². The van der Waals surface area contributed by atoms with Crippen molar-refractivity contribution < 1.29 is 19.1 Å². The number of Topliss-reactive ketones (excluding diaryl/α,β-unsaturated/α-hetero) is 1. The third kappa shape index (κ3) is 2.88. The van der Waals surface area contributed by atoms with Gasteiger partial charge in [0.1, 0.15) is 11.2 Å². The summed E-state index contributed by atoms with van der Waals surface area (Å²) in [6.07, 6.45) is 1.93. The van der Waals surface area contributed by atoms with Crippen LogP contribution in [0.2, 0.25) is 0 Å². The number of carbonyl (C=O) groups is 2. The number of methoxy groups -OCH3 is 2. The molecule has 1 saturated carbocycles. The van der Waals surface area contributed by atoms with Crippen LogP contribution in [0.3, 0.4) is 0 Å². The number of carbonyl (C=O) groups excluding carboxylic acids is 2. The minimum Gasteiger partial charge on any atom is -0.468 e. The van der Waals surface area contributed by atoms with E-state index < -0.39 is 11.4 Å². The molecule has 0 aliphatic heterocycles. The monoisotopic (exact) mass is 332 g/mol. The number of esters is 1. The topological polar surface area (TPSA) is 52.6 Å². The molecule has 1 aliphatic carbocycles. The quantitative estimate of drug-likeness (QED) is 0.624. The summed E-state index contributed by atoms with van der Waals surface area (Å²) in [5.74, 6) is -0.900. The molecule has 3 atom stereocenters.